The molecule has 0 saturated carbocycles. The van der Waals surface area contributed by atoms with Crippen LogP contribution in [-0.4, -0.2) is 21.4 Å². The fraction of sp³-hybridized carbons (Fsp3) is 0.0833. The van der Waals surface area contributed by atoms with Gasteiger partial charge in [-0.25, -0.2) is 4.98 Å². The number of halogens is 1. The van der Waals surface area contributed by atoms with Gasteiger partial charge in [0.15, 0.2) is 10.1 Å². The van der Waals surface area contributed by atoms with Crippen molar-refractivity contribution < 1.29 is 4.79 Å². The molecular weight excluding hydrogens is 320 g/mol. The van der Waals surface area contributed by atoms with E-state index in [9.17, 15) is 4.79 Å². The number of aromatic nitrogens is 2. The number of carbonyl (C=O) groups excluding carboxylic acids is 1. The normalized spacial score (nSPS) is 11.1. The first-order valence-corrected chi connectivity index (χ1v) is 8.45. The zero-order valence-electron chi connectivity index (χ0n) is 9.87. The molecule has 0 saturated heterocycles. The molecule has 7 heteroatoms. The van der Waals surface area contributed by atoms with Gasteiger partial charge in [0.2, 0.25) is 5.16 Å². The molecule has 0 atom stereocenters. The molecule has 98 valence electrons. The summed E-state index contributed by atoms with van der Waals surface area (Å²) in [6, 6.07) is 6.81. The highest BCUT2D eigenvalue weighted by molar-refractivity contribution is 8.03. The van der Waals surface area contributed by atoms with Crippen LogP contribution in [0.2, 0.25) is 5.02 Å². The molecule has 0 unspecified atom stereocenters. The van der Waals surface area contributed by atoms with Gasteiger partial charge in [-0.05, 0) is 53.5 Å². The van der Waals surface area contributed by atoms with Crippen molar-refractivity contribution in [3.63, 3.8) is 0 Å². The van der Waals surface area contributed by atoms with Crippen molar-refractivity contribution in [2.45, 2.75) is 9.50 Å². The van der Waals surface area contributed by atoms with Crippen LogP contribution in [0.1, 0.15) is 10.4 Å². The summed E-state index contributed by atoms with van der Waals surface area (Å²) in [6.07, 6.45) is 3.45. The molecule has 2 rings (SSSR count). The number of allylic oxidation sites excluding steroid dienone is 1. The number of nitrogens with zero attached hydrogens (tertiary/aromatic N) is 2. The lowest BCUT2D eigenvalue weighted by atomic mass is 10.1. The molecule has 0 aliphatic rings. The van der Waals surface area contributed by atoms with E-state index in [-0.39, 0.29) is 5.78 Å². The van der Waals surface area contributed by atoms with Crippen LogP contribution in [0.15, 0.2) is 45.2 Å². The number of rotatable bonds is 5. The second kappa shape index (κ2) is 7.09. The Morgan fingerprint density at radius 1 is 1.37 bits per heavy atom. The maximum absolute atomic E-state index is 11.8. The summed E-state index contributed by atoms with van der Waals surface area (Å²) in [5, 5.41) is 3.10. The molecule has 0 radical (unpaired) electrons. The van der Waals surface area contributed by atoms with Crippen LogP contribution in [-0.2, 0) is 0 Å². The summed E-state index contributed by atoms with van der Waals surface area (Å²) in [6.45, 7) is 0. The molecule has 0 spiro atoms. The average molecular weight is 329 g/mol. The smallest absolute Gasteiger partial charge is 0.200 e. The van der Waals surface area contributed by atoms with Crippen molar-refractivity contribution in [3.8, 4) is 0 Å². The van der Waals surface area contributed by atoms with Crippen LogP contribution in [0.5, 0.6) is 0 Å². The highest BCUT2D eigenvalue weighted by Crippen LogP contribution is 2.24. The number of carbonyl (C=O) groups is 1. The third-order valence-electron chi connectivity index (χ3n) is 2.09. The van der Waals surface area contributed by atoms with Crippen molar-refractivity contribution in [2.24, 2.45) is 0 Å². The first kappa shape index (κ1) is 14.6. The minimum atomic E-state index is -0.0567. The Morgan fingerprint density at radius 2 is 2.11 bits per heavy atom. The van der Waals surface area contributed by atoms with Crippen molar-refractivity contribution in [3.05, 3.63) is 46.3 Å². The standard InChI is InChI=1S/C12H9ClN2OS3/c1-17-11-14-12(19-15-11)18-7-6-10(16)8-2-4-9(13)5-3-8/h2-7H,1H3/b7-6-. The summed E-state index contributed by atoms with van der Waals surface area (Å²) in [7, 11) is 0. The predicted molar refractivity (Wildman–Crippen MR) is 82.5 cm³/mol. The van der Waals surface area contributed by atoms with Gasteiger partial charge < -0.3 is 0 Å². The highest BCUT2D eigenvalue weighted by Gasteiger charge is 2.03. The zero-order valence-corrected chi connectivity index (χ0v) is 13.1. The molecule has 0 amide bonds. The van der Waals surface area contributed by atoms with E-state index in [0.29, 0.717) is 10.6 Å². The van der Waals surface area contributed by atoms with Crippen LogP contribution >= 0.6 is 46.7 Å². The van der Waals surface area contributed by atoms with Crippen LogP contribution in [0.3, 0.4) is 0 Å². The molecule has 19 heavy (non-hydrogen) atoms. The maximum Gasteiger partial charge on any atom is 0.200 e. The van der Waals surface area contributed by atoms with E-state index >= 15 is 0 Å². The molecule has 0 aliphatic heterocycles. The van der Waals surface area contributed by atoms with Gasteiger partial charge >= 0.3 is 0 Å². The Kier molecular flexibility index (Phi) is 5.45. The van der Waals surface area contributed by atoms with Crippen LogP contribution in [0.4, 0.5) is 0 Å². The zero-order chi connectivity index (χ0) is 13.7. The van der Waals surface area contributed by atoms with Gasteiger partial charge in [-0.2, -0.15) is 4.37 Å². The summed E-state index contributed by atoms with van der Waals surface area (Å²) in [5.41, 5.74) is 0.614. The van der Waals surface area contributed by atoms with Crippen LogP contribution < -0.4 is 0 Å². The third kappa shape index (κ3) is 4.35. The van der Waals surface area contributed by atoms with E-state index in [1.807, 2.05) is 6.26 Å². The minimum Gasteiger partial charge on any atom is -0.289 e. The Balaban J connectivity index is 1.95. The van der Waals surface area contributed by atoms with Crippen molar-refractivity contribution in [2.75, 3.05) is 6.26 Å². The van der Waals surface area contributed by atoms with E-state index in [2.05, 4.69) is 9.36 Å². The van der Waals surface area contributed by atoms with E-state index in [0.717, 1.165) is 9.50 Å². The first-order chi connectivity index (χ1) is 9.19. The second-order valence-corrected chi connectivity index (χ2v) is 6.45. The SMILES string of the molecule is CSc1nsc(S/C=C\C(=O)c2ccc(Cl)cc2)n1. The quantitative estimate of drug-likeness (QED) is 0.462. The van der Waals surface area contributed by atoms with Crippen LogP contribution in [0, 0.1) is 0 Å². The molecule has 0 aliphatic carbocycles. The average Bonchev–Trinajstić information content (AvgIpc) is 2.87. The molecule has 0 N–H and O–H groups in total. The minimum absolute atomic E-state index is 0.0567. The largest absolute Gasteiger partial charge is 0.289 e. The number of thioether (sulfide) groups is 2. The van der Waals surface area contributed by atoms with E-state index in [1.165, 1.54) is 41.1 Å². The lowest BCUT2D eigenvalue weighted by Crippen LogP contribution is -1.92. The highest BCUT2D eigenvalue weighted by atomic mass is 35.5. The van der Waals surface area contributed by atoms with Crippen molar-refractivity contribution in [1.29, 1.82) is 0 Å². The number of ketones is 1. The van der Waals surface area contributed by atoms with Crippen molar-refractivity contribution >= 4 is 52.4 Å². The van der Waals surface area contributed by atoms with Gasteiger partial charge in [-0.1, -0.05) is 35.1 Å². The monoisotopic (exact) mass is 328 g/mol. The molecule has 0 fully saturated rings. The molecular formula is C12H9ClN2OS3. The lowest BCUT2D eigenvalue weighted by Gasteiger charge is -1.95. The fourth-order valence-corrected chi connectivity index (χ4v) is 3.25. The molecule has 0 bridgehead atoms. The molecule has 1 heterocycles. The lowest BCUT2D eigenvalue weighted by molar-refractivity contribution is 0.104. The molecule has 2 aromatic rings. The van der Waals surface area contributed by atoms with Gasteiger partial charge in [0, 0.05) is 10.6 Å². The van der Waals surface area contributed by atoms with Crippen molar-refractivity contribution in [1.82, 2.24) is 9.36 Å². The second-order valence-electron chi connectivity index (χ2n) is 3.34. The Hall–Kier alpha value is -0.820. The number of hydrogen-bond acceptors (Lipinski definition) is 6. The first-order valence-electron chi connectivity index (χ1n) is 5.20. The predicted octanol–water partition coefficient (Wildman–Crippen LogP) is 4.40. The van der Waals surface area contributed by atoms with Gasteiger partial charge in [0.25, 0.3) is 0 Å². The number of hydrogen-bond donors (Lipinski definition) is 0. The Labute approximate surface area is 128 Å². The topological polar surface area (TPSA) is 42.9 Å². The van der Waals surface area contributed by atoms with E-state index in [4.69, 9.17) is 11.6 Å². The fourth-order valence-electron chi connectivity index (χ4n) is 1.19. The summed E-state index contributed by atoms with van der Waals surface area (Å²) in [4.78, 5) is 16.1. The van der Waals surface area contributed by atoms with E-state index in [1.54, 1.807) is 29.7 Å². The summed E-state index contributed by atoms with van der Waals surface area (Å²) < 4.78 is 4.96. The maximum atomic E-state index is 11.8. The van der Waals surface area contributed by atoms with Gasteiger partial charge in [-0.3, -0.25) is 4.79 Å². The molecule has 1 aromatic heterocycles. The molecule has 1 aromatic carbocycles. The van der Waals surface area contributed by atoms with Gasteiger partial charge in [0.1, 0.15) is 0 Å². The summed E-state index contributed by atoms with van der Waals surface area (Å²) >= 11 is 9.98. The van der Waals surface area contributed by atoms with Gasteiger partial charge in [0.05, 0.1) is 0 Å². The van der Waals surface area contributed by atoms with Gasteiger partial charge in [-0.15, -0.1) is 0 Å². The third-order valence-corrected chi connectivity index (χ3v) is 4.59. The Bertz CT molecular complexity index is 595. The van der Waals surface area contributed by atoms with Crippen LogP contribution in [0.25, 0.3) is 0 Å². The Morgan fingerprint density at radius 3 is 2.74 bits per heavy atom. The molecule has 3 nitrogen and oxygen atoms in total. The van der Waals surface area contributed by atoms with E-state index < -0.39 is 0 Å². The summed E-state index contributed by atoms with van der Waals surface area (Å²) in [5.74, 6) is -0.0567. The number of benzene rings is 1.